The number of carbonyl (C=O) groups is 1. The van der Waals surface area contributed by atoms with Crippen molar-refractivity contribution >= 4 is 5.91 Å². The van der Waals surface area contributed by atoms with E-state index in [1.807, 2.05) is 38.1 Å². The van der Waals surface area contributed by atoms with Gasteiger partial charge >= 0.3 is 0 Å². The first-order valence-corrected chi connectivity index (χ1v) is 6.75. The molecule has 4 N–H and O–H groups in total. The van der Waals surface area contributed by atoms with E-state index >= 15 is 0 Å². The molecule has 106 valence electrons. The Bertz CT molecular complexity index is 401. The minimum absolute atomic E-state index is 0.117. The van der Waals surface area contributed by atoms with E-state index in [-0.39, 0.29) is 11.8 Å². The van der Waals surface area contributed by atoms with Gasteiger partial charge in [-0.05, 0) is 24.0 Å². The van der Waals surface area contributed by atoms with Crippen LogP contribution in [0.25, 0.3) is 0 Å². The predicted molar refractivity (Wildman–Crippen MR) is 76.4 cm³/mol. The highest BCUT2D eigenvalue weighted by molar-refractivity contribution is 5.81. The molecule has 1 aromatic carbocycles. The first kappa shape index (κ1) is 15.7. The van der Waals surface area contributed by atoms with Gasteiger partial charge in [-0.25, -0.2) is 0 Å². The lowest BCUT2D eigenvalue weighted by molar-refractivity contribution is -0.123. The van der Waals surface area contributed by atoms with E-state index in [2.05, 4.69) is 5.32 Å². The van der Waals surface area contributed by atoms with Gasteiger partial charge in [-0.1, -0.05) is 44.5 Å². The molecule has 19 heavy (non-hydrogen) atoms. The molecule has 1 amide bonds. The second kappa shape index (κ2) is 7.26. The van der Waals surface area contributed by atoms with E-state index in [9.17, 15) is 9.90 Å². The van der Waals surface area contributed by atoms with E-state index < -0.39 is 12.1 Å². The van der Waals surface area contributed by atoms with Crippen LogP contribution < -0.4 is 11.1 Å². The molecule has 0 radical (unpaired) electrons. The van der Waals surface area contributed by atoms with E-state index in [1.165, 1.54) is 0 Å². The van der Waals surface area contributed by atoms with Crippen molar-refractivity contribution < 1.29 is 9.90 Å². The van der Waals surface area contributed by atoms with Crippen LogP contribution in [0.15, 0.2) is 24.3 Å². The first-order chi connectivity index (χ1) is 8.95. The zero-order chi connectivity index (χ0) is 14.4. The standard InChI is InChI=1S/C15H24N2O2/c1-4-10(2)14(16)15(19)17-9-12-5-7-13(8-6-12)11(3)18/h5-8,10-11,14,18H,4,9,16H2,1-3H3,(H,17,19). The zero-order valence-electron chi connectivity index (χ0n) is 11.9. The molecule has 4 nitrogen and oxygen atoms in total. The highest BCUT2D eigenvalue weighted by Gasteiger charge is 2.18. The Morgan fingerprint density at radius 1 is 1.32 bits per heavy atom. The van der Waals surface area contributed by atoms with Gasteiger partial charge in [-0.2, -0.15) is 0 Å². The van der Waals surface area contributed by atoms with Crippen molar-refractivity contribution in [3.63, 3.8) is 0 Å². The molecule has 4 heteroatoms. The Kier molecular flexibility index (Phi) is 5.99. The fourth-order valence-electron chi connectivity index (χ4n) is 1.73. The second-order valence-electron chi connectivity index (χ2n) is 5.05. The van der Waals surface area contributed by atoms with E-state index in [0.29, 0.717) is 6.54 Å². The Labute approximate surface area is 115 Å². The molecular formula is C15H24N2O2. The van der Waals surface area contributed by atoms with Crippen LogP contribution in [0.5, 0.6) is 0 Å². The molecule has 0 saturated heterocycles. The average molecular weight is 264 g/mol. The summed E-state index contributed by atoms with van der Waals surface area (Å²) in [6.45, 7) is 6.18. The number of carbonyl (C=O) groups excluding carboxylic acids is 1. The molecule has 1 aromatic rings. The van der Waals surface area contributed by atoms with Crippen LogP contribution in [-0.2, 0) is 11.3 Å². The fourth-order valence-corrected chi connectivity index (χ4v) is 1.73. The van der Waals surface area contributed by atoms with Crippen molar-refractivity contribution in [2.24, 2.45) is 11.7 Å². The normalized spacial score (nSPS) is 15.6. The monoisotopic (exact) mass is 264 g/mol. The molecule has 0 heterocycles. The summed E-state index contributed by atoms with van der Waals surface area (Å²) in [6.07, 6.45) is 0.417. The lowest BCUT2D eigenvalue weighted by atomic mass is 9.99. The molecule has 0 aromatic heterocycles. The first-order valence-electron chi connectivity index (χ1n) is 6.75. The highest BCUT2D eigenvalue weighted by Crippen LogP contribution is 2.12. The van der Waals surface area contributed by atoms with Crippen molar-refractivity contribution in [3.8, 4) is 0 Å². The van der Waals surface area contributed by atoms with Crippen molar-refractivity contribution in [2.45, 2.75) is 45.9 Å². The second-order valence-corrected chi connectivity index (χ2v) is 5.05. The van der Waals surface area contributed by atoms with Crippen LogP contribution in [0.4, 0.5) is 0 Å². The molecule has 0 aliphatic carbocycles. The largest absolute Gasteiger partial charge is 0.389 e. The van der Waals surface area contributed by atoms with Crippen LogP contribution >= 0.6 is 0 Å². The van der Waals surface area contributed by atoms with Crippen molar-refractivity contribution in [1.82, 2.24) is 5.32 Å². The number of hydrogen-bond donors (Lipinski definition) is 3. The average Bonchev–Trinajstić information content (AvgIpc) is 2.43. The number of nitrogens with two attached hydrogens (primary N) is 1. The number of benzene rings is 1. The van der Waals surface area contributed by atoms with Gasteiger partial charge in [0.2, 0.25) is 5.91 Å². The van der Waals surface area contributed by atoms with E-state index in [1.54, 1.807) is 6.92 Å². The number of hydrogen-bond acceptors (Lipinski definition) is 3. The van der Waals surface area contributed by atoms with Gasteiger partial charge in [0, 0.05) is 6.54 Å². The maximum atomic E-state index is 11.8. The number of rotatable bonds is 6. The Morgan fingerprint density at radius 3 is 2.37 bits per heavy atom. The van der Waals surface area contributed by atoms with Crippen molar-refractivity contribution in [2.75, 3.05) is 0 Å². The van der Waals surface area contributed by atoms with Crippen molar-refractivity contribution in [1.29, 1.82) is 0 Å². The molecule has 0 saturated carbocycles. The summed E-state index contributed by atoms with van der Waals surface area (Å²) in [5, 5.41) is 12.2. The van der Waals surface area contributed by atoms with Crippen molar-refractivity contribution in [3.05, 3.63) is 35.4 Å². The molecule has 0 fully saturated rings. The molecule has 3 unspecified atom stereocenters. The van der Waals surface area contributed by atoms with Crippen LogP contribution in [0.3, 0.4) is 0 Å². The number of aliphatic hydroxyl groups is 1. The summed E-state index contributed by atoms with van der Waals surface area (Å²) in [4.78, 5) is 11.8. The Balaban J connectivity index is 2.50. The number of amides is 1. The molecule has 0 bridgehead atoms. The molecule has 0 aliphatic rings. The minimum Gasteiger partial charge on any atom is -0.389 e. The predicted octanol–water partition coefficient (Wildman–Crippen LogP) is 1.73. The molecule has 1 rings (SSSR count). The van der Waals surface area contributed by atoms with Gasteiger partial charge in [0.05, 0.1) is 12.1 Å². The lowest BCUT2D eigenvalue weighted by Crippen LogP contribution is -2.44. The summed E-state index contributed by atoms with van der Waals surface area (Å²) in [7, 11) is 0. The zero-order valence-corrected chi connectivity index (χ0v) is 11.9. The van der Waals surface area contributed by atoms with Gasteiger partial charge in [-0.15, -0.1) is 0 Å². The number of nitrogens with one attached hydrogen (secondary N) is 1. The molecule has 0 spiro atoms. The lowest BCUT2D eigenvalue weighted by Gasteiger charge is -2.17. The van der Waals surface area contributed by atoms with E-state index in [0.717, 1.165) is 17.5 Å². The summed E-state index contributed by atoms with van der Waals surface area (Å²) in [6, 6.07) is 7.07. The topological polar surface area (TPSA) is 75.4 Å². The quantitative estimate of drug-likeness (QED) is 0.732. The maximum Gasteiger partial charge on any atom is 0.237 e. The third kappa shape index (κ3) is 4.65. The smallest absolute Gasteiger partial charge is 0.237 e. The fraction of sp³-hybridized carbons (Fsp3) is 0.533. The molecule has 0 aliphatic heterocycles. The van der Waals surface area contributed by atoms with Gasteiger partial charge < -0.3 is 16.2 Å². The molecule has 3 atom stereocenters. The van der Waals surface area contributed by atoms with Gasteiger partial charge in [-0.3, -0.25) is 4.79 Å². The summed E-state index contributed by atoms with van der Waals surface area (Å²) >= 11 is 0. The Hall–Kier alpha value is -1.39. The summed E-state index contributed by atoms with van der Waals surface area (Å²) < 4.78 is 0. The number of aliphatic hydroxyl groups excluding tert-OH is 1. The highest BCUT2D eigenvalue weighted by atomic mass is 16.3. The van der Waals surface area contributed by atoms with E-state index in [4.69, 9.17) is 5.73 Å². The maximum absolute atomic E-state index is 11.8. The van der Waals surface area contributed by atoms with Gasteiger partial charge in [0.1, 0.15) is 0 Å². The third-order valence-electron chi connectivity index (χ3n) is 3.49. The van der Waals surface area contributed by atoms with Crippen LogP contribution in [0.2, 0.25) is 0 Å². The minimum atomic E-state index is -0.470. The SMILES string of the molecule is CCC(C)C(N)C(=O)NCc1ccc(C(C)O)cc1. The summed E-state index contributed by atoms with van der Waals surface area (Å²) in [5.41, 5.74) is 7.72. The van der Waals surface area contributed by atoms with Gasteiger partial charge in [0.15, 0.2) is 0 Å². The van der Waals surface area contributed by atoms with Crippen LogP contribution in [0.1, 0.15) is 44.4 Å². The summed E-state index contributed by atoms with van der Waals surface area (Å²) in [5.74, 6) is 0.0616. The van der Waals surface area contributed by atoms with Crippen LogP contribution in [-0.4, -0.2) is 17.1 Å². The Morgan fingerprint density at radius 2 is 1.89 bits per heavy atom. The third-order valence-corrected chi connectivity index (χ3v) is 3.49. The van der Waals surface area contributed by atoms with Crippen LogP contribution in [0, 0.1) is 5.92 Å². The van der Waals surface area contributed by atoms with Gasteiger partial charge in [0.25, 0.3) is 0 Å². The molecular weight excluding hydrogens is 240 g/mol.